The van der Waals surface area contributed by atoms with Gasteiger partial charge in [-0.1, -0.05) is 235 Å². The highest BCUT2D eigenvalue weighted by Crippen LogP contribution is 2.28. The molecule has 0 aliphatic rings. The predicted octanol–water partition coefficient (Wildman–Crippen LogP) is 19.8. The summed E-state index contributed by atoms with van der Waals surface area (Å²) in [5, 5.41) is 0. The Morgan fingerprint density at radius 2 is 0.492 bits per heavy atom. The Balaban J connectivity index is 0.000000316. The van der Waals surface area contributed by atoms with Crippen molar-refractivity contribution in [2.75, 3.05) is 11.5 Å². The Labute approximate surface area is 374 Å². The van der Waals surface area contributed by atoms with Gasteiger partial charge in [-0.15, -0.1) is 23.5 Å². The third-order valence-corrected chi connectivity index (χ3v) is 13.9. The normalized spacial score (nSPS) is 11.1. The van der Waals surface area contributed by atoms with Crippen molar-refractivity contribution in [3.8, 4) is 22.3 Å². The van der Waals surface area contributed by atoms with E-state index >= 15 is 0 Å². The molecule has 4 rings (SSSR count). The monoisotopic (exact) mass is 835 g/mol. The molecule has 0 fully saturated rings. The van der Waals surface area contributed by atoms with Crippen molar-refractivity contribution in [3.63, 3.8) is 0 Å². The Bertz CT molecular complexity index is 1500. The van der Waals surface area contributed by atoms with E-state index in [9.17, 15) is 0 Å². The maximum Gasteiger partial charge on any atom is 0.00723 e. The number of thioether (sulfide) groups is 2. The maximum absolute atomic E-state index is 2.30. The molecule has 59 heavy (non-hydrogen) atoms. The van der Waals surface area contributed by atoms with Gasteiger partial charge in [0, 0.05) is 9.79 Å². The fraction of sp³-hybridized carbons (Fsp3) is 0.579. The molecule has 326 valence electrons. The second-order valence-electron chi connectivity index (χ2n) is 17.1. The van der Waals surface area contributed by atoms with Crippen molar-refractivity contribution in [3.05, 3.63) is 108 Å². The van der Waals surface area contributed by atoms with Crippen LogP contribution in [0.1, 0.15) is 199 Å². The van der Waals surface area contributed by atoms with Crippen LogP contribution in [0.15, 0.2) is 107 Å². The van der Waals surface area contributed by atoms with E-state index in [0.29, 0.717) is 0 Å². The minimum Gasteiger partial charge on any atom is -0.126 e. The van der Waals surface area contributed by atoms with Gasteiger partial charge in [-0.05, 0) is 108 Å². The zero-order chi connectivity index (χ0) is 41.9. The fourth-order valence-electron chi connectivity index (χ4n) is 7.76. The third kappa shape index (κ3) is 24.6. The summed E-state index contributed by atoms with van der Waals surface area (Å²) in [7, 11) is 0. The van der Waals surface area contributed by atoms with Crippen molar-refractivity contribution in [1.82, 2.24) is 0 Å². The molecule has 0 amide bonds. The zero-order valence-electron chi connectivity index (χ0n) is 38.6. The van der Waals surface area contributed by atoms with Crippen LogP contribution >= 0.6 is 23.5 Å². The van der Waals surface area contributed by atoms with Gasteiger partial charge < -0.3 is 0 Å². The van der Waals surface area contributed by atoms with Gasteiger partial charge in [-0.2, -0.15) is 0 Å². The maximum atomic E-state index is 2.30. The molecule has 4 aromatic carbocycles. The summed E-state index contributed by atoms with van der Waals surface area (Å²) in [5.74, 6) is 2.50. The minimum absolute atomic E-state index is 1.21. The number of unbranched alkanes of at least 4 members (excludes halogenated alkanes) is 21. The lowest BCUT2D eigenvalue weighted by Gasteiger charge is -2.07. The Morgan fingerprint density at radius 3 is 0.780 bits per heavy atom. The van der Waals surface area contributed by atoms with Gasteiger partial charge in [-0.3, -0.25) is 0 Å². The summed E-state index contributed by atoms with van der Waals surface area (Å²) < 4.78 is 0. The van der Waals surface area contributed by atoms with Crippen molar-refractivity contribution < 1.29 is 0 Å². The topological polar surface area (TPSA) is 0 Å². The summed E-state index contributed by atoms with van der Waals surface area (Å²) >= 11 is 4.03. The van der Waals surface area contributed by atoms with Crippen molar-refractivity contribution in [2.24, 2.45) is 0 Å². The summed E-state index contributed by atoms with van der Waals surface area (Å²) in [5.41, 5.74) is 8.27. The highest BCUT2D eigenvalue weighted by atomic mass is 32.2. The first-order valence-electron chi connectivity index (χ1n) is 24.8. The van der Waals surface area contributed by atoms with Gasteiger partial charge in [0.15, 0.2) is 0 Å². The third-order valence-electron chi connectivity index (χ3n) is 11.7. The standard InChI is InChI=1S/C29H44S.C28H42S/c1-3-5-7-8-9-10-11-12-13-15-25-30-29-23-21-28(22-24-29)27-19-17-26(18-20-27)16-14-6-4-2;1-3-5-7-8-9-10-11-12-14-24-29-28-22-20-27(21-23-28)26-18-16-25(17-19-26)15-13-6-4-2/h17-24H,3-16,25H2,1-2H3;16-23H,3-15,24H2,1-2H3. The first-order chi connectivity index (χ1) is 29.2. The highest BCUT2D eigenvalue weighted by molar-refractivity contribution is 7.99. The molecule has 0 saturated heterocycles. The number of benzene rings is 4. The molecule has 0 bridgehead atoms. The van der Waals surface area contributed by atoms with Gasteiger partial charge >= 0.3 is 0 Å². The Kier molecular flexibility index (Phi) is 30.4. The van der Waals surface area contributed by atoms with Crippen LogP contribution in [-0.4, -0.2) is 11.5 Å². The molecule has 0 heterocycles. The highest BCUT2D eigenvalue weighted by Gasteiger charge is 2.03. The van der Waals surface area contributed by atoms with Crippen molar-refractivity contribution >= 4 is 23.5 Å². The van der Waals surface area contributed by atoms with Crippen LogP contribution in [0.3, 0.4) is 0 Å². The second kappa shape index (κ2) is 35.2. The SMILES string of the molecule is CCCCCCCCCCCCSc1ccc(-c2ccc(CCCCC)cc2)cc1.CCCCCCCCCCCSc1ccc(-c2ccc(CCCCC)cc2)cc1. The Hall–Kier alpha value is -2.42. The van der Waals surface area contributed by atoms with Gasteiger partial charge in [0.1, 0.15) is 0 Å². The lowest BCUT2D eigenvalue weighted by atomic mass is 10.0. The first-order valence-corrected chi connectivity index (χ1v) is 26.8. The number of hydrogen-bond donors (Lipinski definition) is 0. The van der Waals surface area contributed by atoms with E-state index in [1.807, 2.05) is 23.5 Å². The second-order valence-corrected chi connectivity index (χ2v) is 19.4. The van der Waals surface area contributed by atoms with E-state index in [-0.39, 0.29) is 0 Å². The molecule has 0 aliphatic carbocycles. The molecule has 0 atom stereocenters. The number of rotatable bonds is 33. The van der Waals surface area contributed by atoms with Gasteiger partial charge in [0.05, 0.1) is 0 Å². The molecule has 0 aliphatic heterocycles. The van der Waals surface area contributed by atoms with Crippen LogP contribution in [0.25, 0.3) is 22.3 Å². The molecule has 0 nitrogen and oxygen atoms in total. The van der Waals surface area contributed by atoms with Crippen LogP contribution in [0.4, 0.5) is 0 Å². The predicted molar refractivity (Wildman–Crippen MR) is 271 cm³/mol. The largest absolute Gasteiger partial charge is 0.126 e. The van der Waals surface area contributed by atoms with E-state index in [4.69, 9.17) is 0 Å². The molecule has 0 saturated carbocycles. The average molecular weight is 835 g/mol. The van der Waals surface area contributed by atoms with Crippen LogP contribution in [0.2, 0.25) is 0 Å². The van der Waals surface area contributed by atoms with E-state index in [1.165, 1.54) is 228 Å². The number of aryl methyl sites for hydroxylation is 2. The van der Waals surface area contributed by atoms with Crippen molar-refractivity contribution in [1.29, 1.82) is 0 Å². The molecule has 0 aromatic heterocycles. The molecule has 0 unspecified atom stereocenters. The Morgan fingerprint density at radius 1 is 0.254 bits per heavy atom. The molecule has 0 spiro atoms. The van der Waals surface area contributed by atoms with Crippen LogP contribution < -0.4 is 0 Å². The molecular formula is C57H86S2. The summed E-state index contributed by atoms with van der Waals surface area (Å²) in [6, 6.07) is 36.7. The van der Waals surface area contributed by atoms with E-state index < -0.39 is 0 Å². The lowest BCUT2D eigenvalue weighted by molar-refractivity contribution is 0.563. The van der Waals surface area contributed by atoms with E-state index in [1.54, 1.807) is 0 Å². The van der Waals surface area contributed by atoms with Gasteiger partial charge in [0.2, 0.25) is 0 Å². The summed E-state index contributed by atoms with van der Waals surface area (Å²) in [6.07, 6.45) is 37.1. The van der Waals surface area contributed by atoms with Crippen LogP contribution in [-0.2, 0) is 12.8 Å². The summed E-state index contributed by atoms with van der Waals surface area (Å²) in [4.78, 5) is 2.82. The molecule has 2 heteroatoms. The zero-order valence-corrected chi connectivity index (χ0v) is 40.2. The average Bonchev–Trinajstić information content (AvgIpc) is 3.27. The van der Waals surface area contributed by atoms with Gasteiger partial charge in [0.25, 0.3) is 0 Å². The van der Waals surface area contributed by atoms with E-state index in [0.717, 1.165) is 0 Å². The van der Waals surface area contributed by atoms with Crippen LogP contribution in [0.5, 0.6) is 0 Å². The molecular weight excluding hydrogens is 749 g/mol. The van der Waals surface area contributed by atoms with Crippen molar-refractivity contribution in [2.45, 2.75) is 211 Å². The van der Waals surface area contributed by atoms with Gasteiger partial charge in [-0.25, -0.2) is 0 Å². The first kappa shape index (κ1) is 50.9. The quantitative estimate of drug-likeness (QED) is 0.0346. The fourth-order valence-corrected chi connectivity index (χ4v) is 9.58. The molecule has 0 radical (unpaired) electrons. The van der Waals surface area contributed by atoms with E-state index in [2.05, 4.69) is 125 Å². The van der Waals surface area contributed by atoms with Crippen LogP contribution in [0, 0.1) is 0 Å². The minimum atomic E-state index is 1.21. The molecule has 4 aromatic rings. The number of hydrogen-bond acceptors (Lipinski definition) is 2. The molecule has 0 N–H and O–H groups in total. The lowest BCUT2D eigenvalue weighted by Crippen LogP contribution is -1.86. The smallest absolute Gasteiger partial charge is 0.00723 e. The summed E-state index contributed by atoms with van der Waals surface area (Å²) in [6.45, 7) is 9.11.